The highest BCUT2D eigenvalue weighted by atomic mass is 16.6. The molecule has 0 amide bonds. The Morgan fingerprint density at radius 2 is 0.429 bits per heavy atom. The van der Waals surface area contributed by atoms with Crippen LogP contribution in [0.5, 0.6) is 0 Å². The molecule has 0 saturated heterocycles. The van der Waals surface area contributed by atoms with E-state index in [1.807, 2.05) is 0 Å². The Balaban J connectivity index is 4.21. The molecule has 0 N–H and O–H groups in total. The molecular formula is C57H110O6. The Morgan fingerprint density at radius 1 is 0.254 bits per heavy atom. The molecule has 0 radical (unpaired) electrons. The maximum atomic E-state index is 12.8. The van der Waals surface area contributed by atoms with Gasteiger partial charge in [0.1, 0.15) is 13.2 Å². The summed E-state index contributed by atoms with van der Waals surface area (Å²) >= 11 is 0. The van der Waals surface area contributed by atoms with Crippen molar-refractivity contribution in [2.75, 3.05) is 13.2 Å². The van der Waals surface area contributed by atoms with Crippen molar-refractivity contribution in [3.63, 3.8) is 0 Å². The van der Waals surface area contributed by atoms with Crippen LogP contribution in [0.1, 0.15) is 329 Å². The molecule has 0 aromatic heterocycles. The van der Waals surface area contributed by atoms with Crippen molar-refractivity contribution >= 4 is 17.9 Å². The molecule has 0 saturated carbocycles. The summed E-state index contributed by atoms with van der Waals surface area (Å²) < 4.78 is 16.8. The third kappa shape index (κ3) is 51.3. The zero-order valence-corrected chi connectivity index (χ0v) is 42.9. The van der Waals surface area contributed by atoms with Crippen LogP contribution in [-0.2, 0) is 28.6 Å². The topological polar surface area (TPSA) is 78.9 Å². The fourth-order valence-electron chi connectivity index (χ4n) is 8.80. The molecule has 1 atom stereocenters. The minimum absolute atomic E-state index is 0.0613. The molecule has 63 heavy (non-hydrogen) atoms. The summed E-state index contributed by atoms with van der Waals surface area (Å²) in [5.41, 5.74) is 0. The van der Waals surface area contributed by atoms with Crippen molar-refractivity contribution in [3.8, 4) is 0 Å². The highest BCUT2D eigenvalue weighted by Crippen LogP contribution is 2.18. The molecule has 1 unspecified atom stereocenters. The van der Waals surface area contributed by atoms with Crippen LogP contribution in [0.4, 0.5) is 0 Å². The van der Waals surface area contributed by atoms with Gasteiger partial charge in [0.15, 0.2) is 6.10 Å². The Morgan fingerprint density at radius 3 is 0.635 bits per heavy atom. The van der Waals surface area contributed by atoms with Crippen LogP contribution in [0.2, 0.25) is 0 Å². The van der Waals surface area contributed by atoms with E-state index in [-0.39, 0.29) is 31.1 Å². The minimum Gasteiger partial charge on any atom is -0.462 e. The number of unbranched alkanes of at least 4 members (excludes halogenated alkanes) is 42. The van der Waals surface area contributed by atoms with Gasteiger partial charge in [0.05, 0.1) is 0 Å². The van der Waals surface area contributed by atoms with E-state index in [9.17, 15) is 14.4 Å². The highest BCUT2D eigenvalue weighted by Gasteiger charge is 2.19. The number of hydrogen-bond acceptors (Lipinski definition) is 6. The molecule has 0 bridgehead atoms. The lowest BCUT2D eigenvalue weighted by atomic mass is 10.0. The van der Waals surface area contributed by atoms with Gasteiger partial charge in [0, 0.05) is 19.3 Å². The molecule has 0 aliphatic rings. The van der Waals surface area contributed by atoms with Crippen LogP contribution < -0.4 is 0 Å². The zero-order valence-electron chi connectivity index (χ0n) is 42.9. The SMILES string of the molecule is CCCCCCCCCCCCCCCCCCCCCCC(=O)OCC(COC(=O)CCCCCCCCCCCC)OC(=O)CCCCCCCCCCCCCCCCC. The Labute approximate surface area is 393 Å². The van der Waals surface area contributed by atoms with Crippen LogP contribution in [0.15, 0.2) is 0 Å². The second kappa shape index (κ2) is 53.0. The predicted molar refractivity (Wildman–Crippen MR) is 270 cm³/mol. The number of ether oxygens (including phenoxy) is 3. The van der Waals surface area contributed by atoms with Crippen molar-refractivity contribution in [2.45, 2.75) is 335 Å². The van der Waals surface area contributed by atoms with Gasteiger partial charge < -0.3 is 14.2 Å². The molecule has 0 aromatic rings. The average molecular weight is 892 g/mol. The largest absolute Gasteiger partial charge is 0.462 e. The van der Waals surface area contributed by atoms with E-state index in [1.165, 1.54) is 231 Å². The first-order valence-corrected chi connectivity index (χ1v) is 28.5. The number of rotatable bonds is 53. The van der Waals surface area contributed by atoms with Crippen molar-refractivity contribution < 1.29 is 28.6 Å². The van der Waals surface area contributed by atoms with Crippen LogP contribution in [-0.4, -0.2) is 37.2 Å². The molecule has 0 rings (SSSR count). The van der Waals surface area contributed by atoms with Crippen LogP contribution in [0.3, 0.4) is 0 Å². The first kappa shape index (κ1) is 61.4. The van der Waals surface area contributed by atoms with E-state index >= 15 is 0 Å². The third-order valence-electron chi connectivity index (χ3n) is 13.1. The second-order valence-corrected chi connectivity index (χ2v) is 19.6. The van der Waals surface area contributed by atoms with E-state index in [1.54, 1.807) is 0 Å². The van der Waals surface area contributed by atoms with Gasteiger partial charge in [0.2, 0.25) is 0 Å². The van der Waals surface area contributed by atoms with Gasteiger partial charge in [-0.05, 0) is 19.3 Å². The van der Waals surface area contributed by atoms with E-state index in [0.717, 1.165) is 57.8 Å². The lowest BCUT2D eigenvalue weighted by Gasteiger charge is -2.18. The molecule has 0 heterocycles. The fraction of sp³-hybridized carbons (Fsp3) is 0.947. The summed E-state index contributed by atoms with van der Waals surface area (Å²) in [5.74, 6) is -0.836. The Hall–Kier alpha value is -1.59. The van der Waals surface area contributed by atoms with Gasteiger partial charge in [-0.3, -0.25) is 14.4 Å². The number of hydrogen-bond donors (Lipinski definition) is 0. The number of carbonyl (C=O) groups excluding carboxylic acids is 3. The van der Waals surface area contributed by atoms with Gasteiger partial charge in [-0.25, -0.2) is 0 Å². The summed E-state index contributed by atoms with van der Waals surface area (Å²) in [6.07, 6.45) is 58.1. The van der Waals surface area contributed by atoms with E-state index in [2.05, 4.69) is 20.8 Å². The van der Waals surface area contributed by atoms with Gasteiger partial charge in [0.25, 0.3) is 0 Å². The molecule has 0 aromatic carbocycles. The van der Waals surface area contributed by atoms with Crippen LogP contribution in [0, 0.1) is 0 Å². The van der Waals surface area contributed by atoms with E-state index in [4.69, 9.17) is 14.2 Å². The van der Waals surface area contributed by atoms with Gasteiger partial charge in [-0.1, -0.05) is 290 Å². The van der Waals surface area contributed by atoms with Crippen LogP contribution in [0.25, 0.3) is 0 Å². The Bertz CT molecular complexity index is 936. The molecule has 6 nitrogen and oxygen atoms in total. The molecule has 0 fully saturated rings. The summed E-state index contributed by atoms with van der Waals surface area (Å²) in [6, 6.07) is 0. The maximum absolute atomic E-state index is 12.8. The molecule has 0 aliphatic carbocycles. The van der Waals surface area contributed by atoms with Crippen molar-refractivity contribution in [3.05, 3.63) is 0 Å². The van der Waals surface area contributed by atoms with E-state index < -0.39 is 6.10 Å². The maximum Gasteiger partial charge on any atom is 0.306 e. The average Bonchev–Trinajstić information content (AvgIpc) is 3.28. The molecular weight excluding hydrogens is 781 g/mol. The number of esters is 3. The summed E-state index contributed by atoms with van der Waals surface area (Å²) in [6.45, 7) is 6.69. The summed E-state index contributed by atoms with van der Waals surface area (Å²) in [7, 11) is 0. The normalized spacial score (nSPS) is 11.9. The lowest BCUT2D eigenvalue weighted by Crippen LogP contribution is -2.30. The molecule has 0 aliphatic heterocycles. The molecule has 374 valence electrons. The monoisotopic (exact) mass is 891 g/mol. The smallest absolute Gasteiger partial charge is 0.306 e. The Kier molecular flexibility index (Phi) is 51.7. The standard InChI is InChI=1S/C57H110O6/c1-4-7-10-13-16-19-22-24-26-27-28-29-30-32-33-35-38-41-44-47-50-56(59)62-53-54(52-61-55(58)49-46-43-40-37-21-18-15-12-9-6-3)63-57(60)51-48-45-42-39-36-34-31-25-23-20-17-14-11-8-5-2/h54H,4-53H2,1-3H3. The molecule has 0 spiro atoms. The van der Waals surface area contributed by atoms with Gasteiger partial charge >= 0.3 is 17.9 Å². The van der Waals surface area contributed by atoms with Gasteiger partial charge in [-0.2, -0.15) is 0 Å². The predicted octanol–water partition coefficient (Wildman–Crippen LogP) is 18.8. The fourth-order valence-corrected chi connectivity index (χ4v) is 8.80. The van der Waals surface area contributed by atoms with Gasteiger partial charge in [-0.15, -0.1) is 0 Å². The van der Waals surface area contributed by atoms with Crippen LogP contribution >= 0.6 is 0 Å². The highest BCUT2D eigenvalue weighted by molar-refractivity contribution is 5.71. The quantitative estimate of drug-likeness (QED) is 0.0344. The third-order valence-corrected chi connectivity index (χ3v) is 13.1. The first-order chi connectivity index (χ1) is 31.0. The number of carbonyl (C=O) groups is 3. The van der Waals surface area contributed by atoms with E-state index in [0.29, 0.717) is 19.3 Å². The second-order valence-electron chi connectivity index (χ2n) is 19.6. The lowest BCUT2D eigenvalue weighted by molar-refractivity contribution is -0.167. The van der Waals surface area contributed by atoms with Crippen molar-refractivity contribution in [1.29, 1.82) is 0 Å². The summed E-state index contributed by atoms with van der Waals surface area (Å²) in [4.78, 5) is 38.0. The van der Waals surface area contributed by atoms with Crippen molar-refractivity contribution in [2.24, 2.45) is 0 Å². The van der Waals surface area contributed by atoms with Crippen molar-refractivity contribution in [1.82, 2.24) is 0 Å². The molecule has 6 heteroatoms. The summed E-state index contributed by atoms with van der Waals surface area (Å²) in [5, 5.41) is 0. The minimum atomic E-state index is -0.760. The zero-order chi connectivity index (χ0) is 45.8. The first-order valence-electron chi connectivity index (χ1n) is 28.5.